The Kier molecular flexibility index (Phi) is 10.7. The lowest BCUT2D eigenvalue weighted by atomic mass is 10.1. The Labute approximate surface area is 124 Å². The first-order valence-corrected chi connectivity index (χ1v) is 8.74. The second-order valence-electron chi connectivity index (χ2n) is 5.97. The predicted molar refractivity (Wildman–Crippen MR) is 83.8 cm³/mol. The Hall–Kier alpha value is -0.570. The molecule has 0 spiro atoms. The lowest BCUT2D eigenvalue weighted by Gasteiger charge is -2.10. The summed E-state index contributed by atoms with van der Waals surface area (Å²) < 4.78 is 5.35. The third kappa shape index (κ3) is 8.57. The smallest absolute Gasteiger partial charge is 0.249 e. The van der Waals surface area contributed by atoms with Gasteiger partial charge in [0.1, 0.15) is 6.10 Å². The van der Waals surface area contributed by atoms with Crippen molar-refractivity contribution >= 4 is 5.91 Å². The summed E-state index contributed by atoms with van der Waals surface area (Å²) in [5.41, 5.74) is 0. The molecule has 1 N–H and O–H groups in total. The number of carbonyl (C=O) groups excluding carboxylic acids is 1. The Bertz CT molecular complexity index is 237. The maximum atomic E-state index is 11.7. The first-order valence-electron chi connectivity index (χ1n) is 8.74. The molecular formula is C17H33NO2. The topological polar surface area (TPSA) is 38.3 Å². The highest BCUT2D eigenvalue weighted by Gasteiger charge is 2.22. The summed E-state index contributed by atoms with van der Waals surface area (Å²) in [4.78, 5) is 11.7. The van der Waals surface area contributed by atoms with Crippen molar-refractivity contribution in [1.29, 1.82) is 0 Å². The third-order valence-corrected chi connectivity index (χ3v) is 4.05. The number of nitrogens with one attached hydrogen (secondary N) is 1. The van der Waals surface area contributed by atoms with Crippen LogP contribution in [0, 0.1) is 0 Å². The van der Waals surface area contributed by atoms with E-state index in [1.165, 1.54) is 57.8 Å². The predicted octanol–water partition coefficient (Wildman–Crippen LogP) is 4.20. The normalized spacial score (nSPS) is 18.4. The van der Waals surface area contributed by atoms with Gasteiger partial charge in [0.05, 0.1) is 0 Å². The fourth-order valence-corrected chi connectivity index (χ4v) is 2.72. The van der Waals surface area contributed by atoms with Crippen molar-refractivity contribution in [2.45, 2.75) is 90.1 Å². The molecule has 1 rings (SSSR count). The van der Waals surface area contributed by atoms with E-state index in [1.54, 1.807) is 0 Å². The van der Waals surface area contributed by atoms with Crippen LogP contribution in [-0.4, -0.2) is 25.2 Å². The van der Waals surface area contributed by atoms with E-state index < -0.39 is 0 Å². The van der Waals surface area contributed by atoms with E-state index in [9.17, 15) is 4.79 Å². The van der Waals surface area contributed by atoms with E-state index in [-0.39, 0.29) is 12.0 Å². The Balaban J connectivity index is 1.77. The quantitative estimate of drug-likeness (QED) is 0.545. The van der Waals surface area contributed by atoms with Crippen LogP contribution in [0.4, 0.5) is 0 Å². The van der Waals surface area contributed by atoms with Gasteiger partial charge >= 0.3 is 0 Å². The average Bonchev–Trinajstić information content (AvgIpc) is 2.99. The monoisotopic (exact) mass is 283 g/mol. The van der Waals surface area contributed by atoms with Gasteiger partial charge in [-0.15, -0.1) is 0 Å². The van der Waals surface area contributed by atoms with Crippen molar-refractivity contribution in [3.63, 3.8) is 0 Å². The minimum Gasteiger partial charge on any atom is -0.368 e. The summed E-state index contributed by atoms with van der Waals surface area (Å²) in [5, 5.41) is 2.99. The number of carbonyl (C=O) groups is 1. The van der Waals surface area contributed by atoms with Crippen LogP contribution in [0.2, 0.25) is 0 Å². The molecule has 1 aliphatic heterocycles. The second-order valence-corrected chi connectivity index (χ2v) is 5.97. The van der Waals surface area contributed by atoms with Crippen LogP contribution in [0.25, 0.3) is 0 Å². The van der Waals surface area contributed by atoms with E-state index in [1.807, 2.05) is 0 Å². The molecular weight excluding hydrogens is 250 g/mol. The average molecular weight is 283 g/mol. The van der Waals surface area contributed by atoms with Gasteiger partial charge in [0.2, 0.25) is 5.91 Å². The Morgan fingerprint density at radius 2 is 1.60 bits per heavy atom. The number of amides is 1. The molecule has 1 aliphatic rings. The molecule has 0 radical (unpaired) electrons. The molecule has 3 heteroatoms. The summed E-state index contributed by atoms with van der Waals surface area (Å²) >= 11 is 0. The third-order valence-electron chi connectivity index (χ3n) is 4.05. The number of unbranched alkanes of at least 4 members (excludes halogenated alkanes) is 9. The van der Waals surface area contributed by atoms with Crippen molar-refractivity contribution in [2.75, 3.05) is 13.2 Å². The molecule has 0 bridgehead atoms. The van der Waals surface area contributed by atoms with Crippen LogP contribution >= 0.6 is 0 Å². The van der Waals surface area contributed by atoms with Crippen molar-refractivity contribution in [2.24, 2.45) is 0 Å². The van der Waals surface area contributed by atoms with Gasteiger partial charge in [0.15, 0.2) is 0 Å². The van der Waals surface area contributed by atoms with Crippen molar-refractivity contribution in [3.8, 4) is 0 Å². The Morgan fingerprint density at radius 3 is 2.15 bits per heavy atom. The maximum absolute atomic E-state index is 11.7. The summed E-state index contributed by atoms with van der Waals surface area (Å²) in [6.45, 7) is 3.82. The van der Waals surface area contributed by atoms with Crippen molar-refractivity contribution in [1.82, 2.24) is 5.32 Å². The summed E-state index contributed by atoms with van der Waals surface area (Å²) in [6.07, 6.45) is 15.1. The molecule has 0 aromatic heterocycles. The molecule has 0 aliphatic carbocycles. The molecule has 1 fully saturated rings. The fraction of sp³-hybridized carbons (Fsp3) is 0.941. The highest BCUT2D eigenvalue weighted by molar-refractivity contribution is 5.80. The minimum atomic E-state index is -0.168. The highest BCUT2D eigenvalue weighted by atomic mass is 16.5. The zero-order valence-corrected chi connectivity index (χ0v) is 13.3. The molecule has 1 atom stereocenters. The molecule has 1 heterocycles. The number of rotatable bonds is 12. The van der Waals surface area contributed by atoms with Gasteiger partial charge in [0, 0.05) is 13.2 Å². The molecule has 0 aromatic carbocycles. The van der Waals surface area contributed by atoms with Gasteiger partial charge in [-0.1, -0.05) is 64.7 Å². The summed E-state index contributed by atoms with van der Waals surface area (Å²) in [6, 6.07) is 0. The van der Waals surface area contributed by atoms with Crippen LogP contribution in [0.5, 0.6) is 0 Å². The van der Waals surface area contributed by atoms with E-state index in [0.717, 1.165) is 32.4 Å². The lowest BCUT2D eigenvalue weighted by molar-refractivity contribution is -0.130. The number of hydrogen-bond acceptors (Lipinski definition) is 2. The minimum absolute atomic E-state index is 0.0958. The first-order chi connectivity index (χ1) is 9.84. The van der Waals surface area contributed by atoms with Crippen molar-refractivity contribution < 1.29 is 9.53 Å². The lowest BCUT2D eigenvalue weighted by Crippen LogP contribution is -2.34. The second kappa shape index (κ2) is 12.2. The zero-order valence-electron chi connectivity index (χ0n) is 13.3. The summed E-state index contributed by atoms with van der Waals surface area (Å²) in [7, 11) is 0. The first kappa shape index (κ1) is 17.5. The van der Waals surface area contributed by atoms with E-state index in [4.69, 9.17) is 4.74 Å². The van der Waals surface area contributed by atoms with Gasteiger partial charge in [-0.2, -0.15) is 0 Å². The van der Waals surface area contributed by atoms with Crippen LogP contribution in [0.15, 0.2) is 0 Å². The highest BCUT2D eigenvalue weighted by Crippen LogP contribution is 2.12. The van der Waals surface area contributed by atoms with Gasteiger partial charge < -0.3 is 10.1 Å². The van der Waals surface area contributed by atoms with E-state index in [2.05, 4.69) is 12.2 Å². The molecule has 0 saturated carbocycles. The Morgan fingerprint density at radius 1 is 1.00 bits per heavy atom. The van der Waals surface area contributed by atoms with Crippen molar-refractivity contribution in [3.05, 3.63) is 0 Å². The number of hydrogen-bond donors (Lipinski definition) is 1. The SMILES string of the molecule is CCCCCCCCCCCCNC(=O)[C@@H]1CCCO1. The van der Waals surface area contributed by atoms with Gasteiger partial charge in [-0.05, 0) is 19.3 Å². The fourth-order valence-electron chi connectivity index (χ4n) is 2.72. The van der Waals surface area contributed by atoms with Gasteiger partial charge in [-0.3, -0.25) is 4.79 Å². The molecule has 20 heavy (non-hydrogen) atoms. The van der Waals surface area contributed by atoms with Crippen LogP contribution in [-0.2, 0) is 9.53 Å². The largest absolute Gasteiger partial charge is 0.368 e. The maximum Gasteiger partial charge on any atom is 0.249 e. The molecule has 0 unspecified atom stereocenters. The van der Waals surface area contributed by atoms with E-state index in [0.29, 0.717) is 0 Å². The molecule has 1 saturated heterocycles. The van der Waals surface area contributed by atoms with Crippen LogP contribution in [0.3, 0.4) is 0 Å². The molecule has 3 nitrogen and oxygen atoms in total. The van der Waals surface area contributed by atoms with Gasteiger partial charge in [-0.25, -0.2) is 0 Å². The number of ether oxygens (including phenoxy) is 1. The summed E-state index contributed by atoms with van der Waals surface area (Å²) in [5.74, 6) is 0.0958. The van der Waals surface area contributed by atoms with Gasteiger partial charge in [0.25, 0.3) is 0 Å². The van der Waals surface area contributed by atoms with Crippen LogP contribution in [0.1, 0.15) is 84.0 Å². The molecule has 0 aromatic rings. The van der Waals surface area contributed by atoms with Crippen LogP contribution < -0.4 is 5.32 Å². The standard InChI is InChI=1S/C17H33NO2/c1-2-3-4-5-6-7-8-9-10-11-14-18-17(19)16-13-12-15-20-16/h16H,2-15H2,1H3,(H,18,19)/t16-/m0/s1. The molecule has 1 amide bonds. The zero-order chi connectivity index (χ0) is 14.5. The van der Waals surface area contributed by atoms with E-state index >= 15 is 0 Å². The molecule has 118 valence electrons.